The first-order valence-corrected chi connectivity index (χ1v) is 16.6. The predicted molar refractivity (Wildman–Crippen MR) is 158 cm³/mol. The van der Waals surface area contributed by atoms with Gasteiger partial charge in [0.05, 0.1) is 12.6 Å². The molecule has 0 saturated carbocycles. The highest BCUT2D eigenvalue weighted by Gasteiger charge is 2.37. The fraction of sp³-hybridized carbons (Fsp3) is 0.429. The van der Waals surface area contributed by atoms with E-state index in [0.29, 0.717) is 42.1 Å². The van der Waals surface area contributed by atoms with Crippen LogP contribution in [0, 0.1) is 0 Å². The molecule has 1 atom stereocenters. The number of carbonyl (C=O) groups excluding carboxylic acids is 1. The lowest BCUT2D eigenvalue weighted by atomic mass is 10.0. The van der Waals surface area contributed by atoms with Crippen molar-refractivity contribution in [2.45, 2.75) is 64.8 Å². The Kier molecular flexibility index (Phi) is 7.91. The maximum atomic E-state index is 13.2. The number of carbonyl (C=O) groups is 1. The molecule has 5 rings (SSSR count). The third kappa shape index (κ3) is 6.30. The molecule has 214 valence electrons. The van der Waals surface area contributed by atoms with Crippen LogP contribution in [-0.2, 0) is 17.4 Å². The summed E-state index contributed by atoms with van der Waals surface area (Å²) < 4.78 is 8.11. The van der Waals surface area contributed by atoms with E-state index in [1.54, 1.807) is 35.4 Å². The molecule has 0 radical (unpaired) electrons. The minimum atomic E-state index is -1.93. The second kappa shape index (κ2) is 11.4. The van der Waals surface area contributed by atoms with E-state index >= 15 is 0 Å². The van der Waals surface area contributed by atoms with Crippen molar-refractivity contribution in [1.29, 1.82) is 0 Å². The minimum absolute atomic E-state index is 0.102. The number of rotatable bonds is 8. The van der Waals surface area contributed by atoms with Gasteiger partial charge in [-0.1, -0.05) is 26.8 Å². The number of nitrogens with one attached hydrogen (secondary N) is 1. The fourth-order valence-electron chi connectivity index (χ4n) is 4.27. The van der Waals surface area contributed by atoms with Gasteiger partial charge < -0.3 is 14.6 Å². The highest BCUT2D eigenvalue weighted by Crippen LogP contribution is 2.37. The third-order valence-corrected chi connectivity index (χ3v) is 12.3. The molecular formula is C28H36N10O2Si. The Morgan fingerprint density at radius 2 is 1.90 bits per heavy atom. The molecule has 41 heavy (non-hydrogen) atoms. The zero-order valence-corrected chi connectivity index (χ0v) is 25.4. The minimum Gasteiger partial charge on any atom is -0.415 e. The van der Waals surface area contributed by atoms with E-state index in [4.69, 9.17) is 4.43 Å². The van der Waals surface area contributed by atoms with E-state index in [9.17, 15) is 4.79 Å². The molecule has 12 nitrogen and oxygen atoms in total. The average Bonchev–Trinajstić information content (AvgIpc) is 3.46. The van der Waals surface area contributed by atoms with Crippen molar-refractivity contribution in [3.8, 4) is 11.5 Å². The first-order valence-electron chi connectivity index (χ1n) is 13.7. The topological polar surface area (TPSA) is 137 Å². The standard InChI is InChI=1S/C28H36N10O2Si/c1-19(18-40-41(5,6)28(2,3)4)38-25(34-35-36-38)22-9-7-10-24(32-22)33-26(39)23-15-21-17-37(14-11-20(21)16-31-23)27-29-12-8-13-30-27/h7-10,12-13,15-16,19H,11,14,17-18H2,1-6H3,(H,32,33,39). The summed E-state index contributed by atoms with van der Waals surface area (Å²) in [5.74, 6) is 1.21. The zero-order chi connectivity index (χ0) is 29.2. The van der Waals surface area contributed by atoms with Gasteiger partial charge >= 0.3 is 0 Å². The van der Waals surface area contributed by atoms with E-state index in [0.717, 1.165) is 24.1 Å². The Hall–Kier alpha value is -4.10. The summed E-state index contributed by atoms with van der Waals surface area (Å²) in [5.41, 5.74) is 3.00. The molecule has 1 aliphatic heterocycles. The first-order chi connectivity index (χ1) is 19.5. The Balaban J connectivity index is 1.28. The number of aromatic nitrogens is 8. The summed E-state index contributed by atoms with van der Waals surface area (Å²) in [4.78, 5) is 33.0. The molecule has 0 bridgehead atoms. The molecular weight excluding hydrogens is 536 g/mol. The number of hydrogen-bond acceptors (Lipinski definition) is 10. The molecule has 0 fully saturated rings. The van der Waals surface area contributed by atoms with Crippen LogP contribution < -0.4 is 10.2 Å². The predicted octanol–water partition coefficient (Wildman–Crippen LogP) is 4.32. The highest BCUT2D eigenvalue weighted by atomic mass is 28.4. The summed E-state index contributed by atoms with van der Waals surface area (Å²) >= 11 is 0. The molecule has 0 aliphatic carbocycles. The van der Waals surface area contributed by atoms with E-state index in [1.165, 1.54) is 0 Å². The van der Waals surface area contributed by atoms with E-state index < -0.39 is 8.32 Å². The van der Waals surface area contributed by atoms with Crippen molar-refractivity contribution in [1.82, 2.24) is 40.1 Å². The van der Waals surface area contributed by atoms with Crippen LogP contribution in [0.5, 0.6) is 0 Å². The van der Waals surface area contributed by atoms with Gasteiger partial charge in [-0.15, -0.1) is 5.10 Å². The van der Waals surface area contributed by atoms with Gasteiger partial charge in [0, 0.05) is 31.7 Å². The molecule has 4 aromatic heterocycles. The van der Waals surface area contributed by atoms with E-state index in [-0.39, 0.29) is 17.0 Å². The van der Waals surface area contributed by atoms with Crippen molar-refractivity contribution >= 4 is 26.0 Å². The molecule has 5 heterocycles. The molecule has 4 aromatic rings. The molecule has 1 amide bonds. The van der Waals surface area contributed by atoms with Gasteiger partial charge in [-0.25, -0.2) is 19.6 Å². The van der Waals surface area contributed by atoms with Gasteiger partial charge in [-0.2, -0.15) is 0 Å². The van der Waals surface area contributed by atoms with Crippen LogP contribution in [0.25, 0.3) is 11.5 Å². The maximum Gasteiger partial charge on any atom is 0.275 e. The smallest absolute Gasteiger partial charge is 0.275 e. The number of fused-ring (bicyclic) bond motifs is 1. The second-order valence-corrected chi connectivity index (χ2v) is 16.6. The first kappa shape index (κ1) is 28.4. The molecule has 13 heteroatoms. The summed E-state index contributed by atoms with van der Waals surface area (Å²) in [6.07, 6.45) is 6.04. The lowest BCUT2D eigenvalue weighted by Gasteiger charge is -2.36. The van der Waals surface area contributed by atoms with Crippen LogP contribution in [0.2, 0.25) is 18.1 Å². The van der Waals surface area contributed by atoms with Gasteiger partial charge in [-0.3, -0.25) is 9.78 Å². The van der Waals surface area contributed by atoms with Gasteiger partial charge in [0.2, 0.25) is 11.8 Å². The Morgan fingerprint density at radius 1 is 1.12 bits per heavy atom. The number of amides is 1. The van der Waals surface area contributed by atoms with Crippen LogP contribution in [0.15, 0.2) is 48.9 Å². The van der Waals surface area contributed by atoms with Crippen LogP contribution in [-0.4, -0.2) is 67.5 Å². The zero-order valence-electron chi connectivity index (χ0n) is 24.4. The van der Waals surface area contributed by atoms with Gasteiger partial charge in [0.1, 0.15) is 17.2 Å². The normalized spacial score (nSPS) is 14.4. The van der Waals surface area contributed by atoms with Crippen LogP contribution in [0.1, 0.15) is 55.4 Å². The van der Waals surface area contributed by atoms with Gasteiger partial charge in [0.15, 0.2) is 8.32 Å². The molecule has 1 N–H and O–H groups in total. The number of tetrazole rings is 1. The molecule has 0 spiro atoms. The molecule has 1 unspecified atom stereocenters. The summed E-state index contributed by atoms with van der Waals surface area (Å²) in [6, 6.07) is 8.88. The molecule has 1 aliphatic rings. The molecule has 0 aromatic carbocycles. The summed E-state index contributed by atoms with van der Waals surface area (Å²) in [7, 11) is -1.93. The largest absolute Gasteiger partial charge is 0.415 e. The van der Waals surface area contributed by atoms with Crippen LogP contribution >= 0.6 is 0 Å². The Labute approximate surface area is 240 Å². The SMILES string of the molecule is CC(CO[Si](C)(C)C(C)(C)C)n1nnnc1-c1cccc(NC(=O)c2cc3c(cn2)CCN(c2ncccn2)C3)n1. The van der Waals surface area contributed by atoms with Crippen molar-refractivity contribution < 1.29 is 9.22 Å². The van der Waals surface area contributed by atoms with Crippen molar-refractivity contribution in [3.63, 3.8) is 0 Å². The monoisotopic (exact) mass is 572 g/mol. The Bertz CT molecular complexity index is 1520. The van der Waals surface area contributed by atoms with Crippen molar-refractivity contribution in [2.24, 2.45) is 0 Å². The lowest BCUT2D eigenvalue weighted by Crippen LogP contribution is -2.42. The highest BCUT2D eigenvalue weighted by molar-refractivity contribution is 6.74. The quantitative estimate of drug-likeness (QED) is 0.304. The van der Waals surface area contributed by atoms with E-state index in [1.807, 2.05) is 25.1 Å². The van der Waals surface area contributed by atoms with Crippen LogP contribution in [0.3, 0.4) is 0 Å². The summed E-state index contributed by atoms with van der Waals surface area (Å²) in [5, 5.41) is 15.3. The van der Waals surface area contributed by atoms with Crippen LogP contribution in [0.4, 0.5) is 11.8 Å². The number of pyridine rings is 2. The van der Waals surface area contributed by atoms with Crippen molar-refractivity contribution in [2.75, 3.05) is 23.4 Å². The fourth-order valence-corrected chi connectivity index (χ4v) is 5.36. The maximum absolute atomic E-state index is 13.2. The number of nitrogens with zero attached hydrogens (tertiary/aromatic N) is 9. The Morgan fingerprint density at radius 3 is 2.66 bits per heavy atom. The number of anilines is 2. The molecule has 0 saturated heterocycles. The van der Waals surface area contributed by atoms with Gasteiger partial charge in [-0.05, 0) is 77.3 Å². The summed E-state index contributed by atoms with van der Waals surface area (Å²) in [6.45, 7) is 15.0. The van der Waals surface area contributed by atoms with Gasteiger partial charge in [0.25, 0.3) is 5.91 Å². The third-order valence-electron chi connectivity index (χ3n) is 7.78. The van der Waals surface area contributed by atoms with Crippen molar-refractivity contribution in [3.05, 3.63) is 65.7 Å². The second-order valence-electron chi connectivity index (χ2n) is 11.8. The lowest BCUT2D eigenvalue weighted by molar-refractivity contribution is 0.102. The number of hydrogen-bond donors (Lipinski definition) is 1. The average molecular weight is 573 g/mol. The van der Waals surface area contributed by atoms with E-state index in [2.05, 4.69) is 79.5 Å².